The van der Waals surface area contributed by atoms with Crippen LogP contribution >= 0.6 is 0 Å². The fourth-order valence-corrected chi connectivity index (χ4v) is 3.19. The molecule has 2 aromatic rings. The molecule has 2 rings (SSSR count). The molecular formula is C25H24O6. The van der Waals surface area contributed by atoms with E-state index in [1.165, 1.54) is 19.1 Å². The highest BCUT2D eigenvalue weighted by Gasteiger charge is 2.22. The average molecular weight is 420 g/mol. The summed E-state index contributed by atoms with van der Waals surface area (Å²) in [6.45, 7) is 7.24. The van der Waals surface area contributed by atoms with Crippen molar-refractivity contribution >= 4 is 22.7 Å². The fraction of sp³-hybridized carbons (Fsp3) is 0.120. The number of benzene rings is 2. The van der Waals surface area contributed by atoms with E-state index in [1.54, 1.807) is 48.6 Å². The van der Waals surface area contributed by atoms with Gasteiger partial charge in [0, 0.05) is 17.6 Å². The molecule has 0 aliphatic heterocycles. The summed E-state index contributed by atoms with van der Waals surface area (Å²) >= 11 is 0. The van der Waals surface area contributed by atoms with Crippen LogP contribution in [0.25, 0.3) is 10.8 Å². The van der Waals surface area contributed by atoms with Gasteiger partial charge in [-0.25, -0.2) is 9.59 Å². The van der Waals surface area contributed by atoms with Crippen LogP contribution in [0, 0.1) is 0 Å². The van der Waals surface area contributed by atoms with E-state index in [0.29, 0.717) is 16.3 Å². The highest BCUT2D eigenvalue weighted by molar-refractivity contribution is 6.00. The molecule has 6 nitrogen and oxygen atoms in total. The molecule has 0 spiro atoms. The fourth-order valence-electron chi connectivity index (χ4n) is 3.19. The zero-order valence-corrected chi connectivity index (χ0v) is 17.3. The van der Waals surface area contributed by atoms with E-state index in [0.717, 1.165) is 0 Å². The van der Waals surface area contributed by atoms with E-state index in [9.17, 15) is 30.0 Å². The Bertz CT molecular complexity index is 1160. The molecule has 4 N–H and O–H groups in total. The summed E-state index contributed by atoms with van der Waals surface area (Å²) in [7, 11) is 0. The molecule has 0 atom stereocenters. The van der Waals surface area contributed by atoms with Gasteiger partial charge < -0.3 is 20.4 Å². The number of aliphatic hydroxyl groups excluding tert-OH is 1. The van der Waals surface area contributed by atoms with Crippen molar-refractivity contribution in [3.8, 4) is 5.75 Å². The number of allylic oxidation sites excluding steroid dienone is 7. The summed E-state index contributed by atoms with van der Waals surface area (Å²) < 4.78 is 0. The van der Waals surface area contributed by atoms with E-state index >= 15 is 0 Å². The first-order valence-corrected chi connectivity index (χ1v) is 9.50. The van der Waals surface area contributed by atoms with Gasteiger partial charge in [-0.15, -0.1) is 0 Å². The van der Waals surface area contributed by atoms with Gasteiger partial charge in [-0.2, -0.15) is 0 Å². The highest BCUT2D eigenvalue weighted by Crippen LogP contribution is 2.35. The quantitative estimate of drug-likeness (QED) is 0.261. The van der Waals surface area contributed by atoms with Crippen molar-refractivity contribution in [3.05, 3.63) is 101 Å². The molecule has 0 saturated carbocycles. The molecule has 2 aromatic carbocycles. The maximum absolute atomic E-state index is 11.6. The van der Waals surface area contributed by atoms with Crippen LogP contribution < -0.4 is 0 Å². The highest BCUT2D eigenvalue weighted by atomic mass is 16.4. The lowest BCUT2D eigenvalue weighted by molar-refractivity contribution is -0.132. The van der Waals surface area contributed by atoms with Crippen molar-refractivity contribution in [2.24, 2.45) is 0 Å². The summed E-state index contributed by atoms with van der Waals surface area (Å²) in [6, 6.07) is 8.28. The zero-order chi connectivity index (χ0) is 23.1. The number of rotatable bonds is 8. The molecular weight excluding hydrogens is 396 g/mol. The molecule has 31 heavy (non-hydrogen) atoms. The third-order valence-corrected chi connectivity index (χ3v) is 4.76. The number of carbonyl (C=O) groups is 2. The van der Waals surface area contributed by atoms with Crippen LogP contribution in [-0.2, 0) is 11.2 Å². The van der Waals surface area contributed by atoms with Crippen molar-refractivity contribution in [2.75, 3.05) is 0 Å². The normalized spacial score (nSPS) is 13.0. The minimum atomic E-state index is -1.32. The molecule has 0 unspecified atom stereocenters. The Balaban J connectivity index is 2.80. The Kier molecular flexibility index (Phi) is 7.58. The van der Waals surface area contributed by atoms with E-state index in [4.69, 9.17) is 0 Å². The van der Waals surface area contributed by atoms with Crippen LogP contribution in [0.2, 0.25) is 0 Å². The maximum atomic E-state index is 11.6. The van der Waals surface area contributed by atoms with E-state index in [1.807, 2.05) is 6.92 Å². The van der Waals surface area contributed by atoms with Gasteiger partial charge in [-0.05, 0) is 36.3 Å². The molecule has 0 aliphatic carbocycles. The van der Waals surface area contributed by atoms with Gasteiger partial charge >= 0.3 is 11.9 Å². The number of fused-ring (bicyclic) bond motifs is 1. The number of aliphatic hydroxyl groups is 1. The summed E-state index contributed by atoms with van der Waals surface area (Å²) in [5, 5.41) is 41.6. The van der Waals surface area contributed by atoms with Gasteiger partial charge in [0.15, 0.2) is 0 Å². The second-order valence-electron chi connectivity index (χ2n) is 6.70. The van der Waals surface area contributed by atoms with Crippen molar-refractivity contribution in [3.63, 3.8) is 0 Å². The van der Waals surface area contributed by atoms with Gasteiger partial charge in [0.2, 0.25) is 0 Å². The van der Waals surface area contributed by atoms with Gasteiger partial charge in [0.25, 0.3) is 0 Å². The summed E-state index contributed by atoms with van der Waals surface area (Å²) in [5.41, 5.74) is 0.110. The van der Waals surface area contributed by atoms with E-state index < -0.39 is 23.4 Å². The third kappa shape index (κ3) is 5.11. The van der Waals surface area contributed by atoms with Crippen LogP contribution in [0.5, 0.6) is 5.75 Å². The minimum absolute atomic E-state index is 0.136. The number of aromatic carboxylic acids is 1. The zero-order valence-electron chi connectivity index (χ0n) is 17.3. The Morgan fingerprint density at radius 1 is 1.06 bits per heavy atom. The van der Waals surface area contributed by atoms with Crippen LogP contribution in [-0.4, -0.2) is 32.4 Å². The second kappa shape index (κ2) is 10.1. The molecule has 0 radical (unpaired) electrons. The number of hydrogen-bond acceptors (Lipinski definition) is 4. The lowest BCUT2D eigenvalue weighted by atomic mass is 9.90. The first kappa shape index (κ1) is 23.2. The van der Waals surface area contributed by atoms with E-state index in [2.05, 4.69) is 6.58 Å². The Morgan fingerprint density at radius 3 is 2.32 bits per heavy atom. The monoisotopic (exact) mass is 420 g/mol. The molecule has 0 saturated heterocycles. The number of carboxylic acid groups (broad SMARTS) is 2. The Labute approximate surface area is 180 Å². The number of phenols is 1. The molecule has 0 amide bonds. The van der Waals surface area contributed by atoms with Crippen molar-refractivity contribution in [2.45, 2.75) is 20.3 Å². The third-order valence-electron chi connectivity index (χ3n) is 4.76. The first-order valence-electron chi connectivity index (χ1n) is 9.50. The standard InChI is InChI=1S/C25H24O6/c1-4-6-7-10-15(3)19(22(26)17(5-2)24(28)29)14-20-18-12-9-8-11-16(18)13-21(23(20)27)25(30)31/h4-13,26-27H,3,14H2,1-2H3,(H,28,29)(H,30,31)/b6-4-,10-7-,17-5+,22-19+. The van der Waals surface area contributed by atoms with Crippen molar-refractivity contribution < 1.29 is 30.0 Å². The smallest absolute Gasteiger partial charge is 0.339 e. The SMILES string of the molecule is C=C(/C=C\C=C/C)/C(Cc1c(O)c(C(=O)O)cc2ccccc12)=C(O)\C(=C/C)C(=O)O. The molecule has 0 heterocycles. The summed E-state index contributed by atoms with van der Waals surface area (Å²) in [5.74, 6) is -3.57. The van der Waals surface area contributed by atoms with Crippen LogP contribution in [0.3, 0.4) is 0 Å². The molecule has 160 valence electrons. The van der Waals surface area contributed by atoms with Gasteiger partial charge in [0.05, 0.1) is 5.57 Å². The molecule has 0 aromatic heterocycles. The van der Waals surface area contributed by atoms with Crippen LogP contribution in [0.4, 0.5) is 0 Å². The number of aromatic hydroxyl groups is 1. The maximum Gasteiger partial charge on any atom is 0.339 e. The first-order chi connectivity index (χ1) is 14.7. The minimum Gasteiger partial charge on any atom is -0.507 e. The van der Waals surface area contributed by atoms with Crippen molar-refractivity contribution in [1.29, 1.82) is 0 Å². The van der Waals surface area contributed by atoms with E-state index in [-0.39, 0.29) is 28.7 Å². The topological polar surface area (TPSA) is 115 Å². The van der Waals surface area contributed by atoms with Gasteiger partial charge in [0.1, 0.15) is 17.1 Å². The lowest BCUT2D eigenvalue weighted by Gasteiger charge is -2.16. The number of hydrogen-bond donors (Lipinski definition) is 4. The molecule has 6 heteroatoms. The Morgan fingerprint density at radius 2 is 1.74 bits per heavy atom. The summed E-state index contributed by atoms with van der Waals surface area (Å²) in [6.07, 6.45) is 7.93. The van der Waals surface area contributed by atoms with Gasteiger partial charge in [-0.1, -0.05) is 61.2 Å². The van der Waals surface area contributed by atoms with Crippen LogP contribution in [0.15, 0.2) is 89.8 Å². The number of aliphatic carboxylic acids is 1. The molecule has 0 aliphatic rings. The second-order valence-corrected chi connectivity index (χ2v) is 6.70. The number of carboxylic acids is 2. The predicted molar refractivity (Wildman–Crippen MR) is 120 cm³/mol. The molecule has 0 fully saturated rings. The van der Waals surface area contributed by atoms with Crippen LogP contribution in [0.1, 0.15) is 29.8 Å². The average Bonchev–Trinajstić information content (AvgIpc) is 2.72. The van der Waals surface area contributed by atoms with Crippen molar-refractivity contribution in [1.82, 2.24) is 0 Å². The summed E-state index contributed by atoms with van der Waals surface area (Å²) in [4.78, 5) is 23.2. The molecule has 0 bridgehead atoms. The lowest BCUT2D eigenvalue weighted by Crippen LogP contribution is -2.09. The Hall–Kier alpha value is -4.06. The largest absolute Gasteiger partial charge is 0.507 e. The van der Waals surface area contributed by atoms with Gasteiger partial charge in [-0.3, -0.25) is 0 Å². The predicted octanol–water partition coefficient (Wildman–Crippen LogP) is 5.32.